The number of methoxy groups -OCH3 is 1. The van der Waals surface area contributed by atoms with Gasteiger partial charge in [0.2, 0.25) is 10.0 Å². The van der Waals surface area contributed by atoms with E-state index >= 15 is 0 Å². The molecule has 1 aliphatic rings. The van der Waals surface area contributed by atoms with Crippen molar-refractivity contribution in [2.75, 3.05) is 13.7 Å². The van der Waals surface area contributed by atoms with Gasteiger partial charge in [-0.25, -0.2) is 8.42 Å². The quantitative estimate of drug-likeness (QED) is 0.559. The summed E-state index contributed by atoms with van der Waals surface area (Å²) in [6, 6.07) is 10.9. The fourth-order valence-electron chi connectivity index (χ4n) is 3.76. The lowest BCUT2D eigenvalue weighted by atomic mass is 10.2. The second-order valence-electron chi connectivity index (χ2n) is 7.14. The summed E-state index contributed by atoms with van der Waals surface area (Å²) in [5.41, 5.74) is 0.955. The third-order valence-electron chi connectivity index (χ3n) is 5.32. The molecule has 4 rings (SSSR count). The van der Waals surface area contributed by atoms with E-state index in [0.29, 0.717) is 29.2 Å². The summed E-state index contributed by atoms with van der Waals surface area (Å²) in [5.74, 6) is 0.279. The predicted octanol–water partition coefficient (Wildman–Crippen LogP) is 3.67. The Morgan fingerprint density at radius 2 is 2.00 bits per heavy atom. The van der Waals surface area contributed by atoms with Crippen molar-refractivity contribution in [2.24, 2.45) is 4.99 Å². The first-order valence-electron chi connectivity index (χ1n) is 9.88. The van der Waals surface area contributed by atoms with Crippen LogP contribution in [0, 0.1) is 0 Å². The second kappa shape index (κ2) is 8.74. The van der Waals surface area contributed by atoms with Crippen LogP contribution in [0.3, 0.4) is 0 Å². The van der Waals surface area contributed by atoms with E-state index in [0.717, 1.165) is 16.0 Å². The summed E-state index contributed by atoms with van der Waals surface area (Å²) in [6.45, 7) is 2.90. The standard InChI is InChI=1S/C21H22ClN3O4S2/c1-3-24-17-11-8-15(29-2)13-19(17)30-21(24)23-20(26)18-5-4-12-25(18)31(27,28)16-9-6-14(22)7-10-16/h6-11,13,18H,3-5,12H2,1-2H3. The topological polar surface area (TPSA) is 81.0 Å². The molecule has 164 valence electrons. The van der Waals surface area contributed by atoms with Gasteiger partial charge in [-0.05, 0) is 62.2 Å². The number of thiazole rings is 1. The zero-order valence-electron chi connectivity index (χ0n) is 17.1. The molecule has 1 amide bonds. The molecule has 0 aliphatic carbocycles. The van der Waals surface area contributed by atoms with E-state index in [2.05, 4.69) is 4.99 Å². The van der Waals surface area contributed by atoms with Crippen molar-refractivity contribution in [1.29, 1.82) is 0 Å². The Kier molecular flexibility index (Phi) is 6.20. The maximum atomic E-state index is 13.1. The first-order chi connectivity index (χ1) is 14.8. The number of aryl methyl sites for hydroxylation is 1. The number of aromatic nitrogens is 1. The van der Waals surface area contributed by atoms with Gasteiger partial charge < -0.3 is 9.30 Å². The van der Waals surface area contributed by atoms with Gasteiger partial charge in [-0.15, -0.1) is 0 Å². The Morgan fingerprint density at radius 3 is 2.68 bits per heavy atom. The number of amides is 1. The summed E-state index contributed by atoms with van der Waals surface area (Å²) < 4.78 is 35.7. The van der Waals surface area contributed by atoms with E-state index in [9.17, 15) is 13.2 Å². The summed E-state index contributed by atoms with van der Waals surface area (Å²) in [7, 11) is -2.21. The van der Waals surface area contributed by atoms with Gasteiger partial charge in [0.15, 0.2) is 4.80 Å². The molecule has 1 aromatic heterocycles. The van der Waals surface area contributed by atoms with Crippen molar-refractivity contribution < 1.29 is 17.9 Å². The highest BCUT2D eigenvalue weighted by molar-refractivity contribution is 7.89. The molecule has 0 saturated carbocycles. The molecule has 31 heavy (non-hydrogen) atoms. The van der Waals surface area contributed by atoms with E-state index in [1.807, 2.05) is 29.7 Å². The first-order valence-corrected chi connectivity index (χ1v) is 12.5. The van der Waals surface area contributed by atoms with Crippen molar-refractivity contribution in [2.45, 2.75) is 37.2 Å². The van der Waals surface area contributed by atoms with Crippen LogP contribution in [0.5, 0.6) is 5.75 Å². The third kappa shape index (κ3) is 4.15. The van der Waals surface area contributed by atoms with Crippen molar-refractivity contribution >= 4 is 49.1 Å². The number of benzene rings is 2. The lowest BCUT2D eigenvalue weighted by molar-refractivity contribution is -0.121. The lowest BCUT2D eigenvalue weighted by Crippen LogP contribution is -2.40. The molecular formula is C21H22ClN3O4S2. The van der Waals surface area contributed by atoms with Gasteiger partial charge in [0.25, 0.3) is 5.91 Å². The third-order valence-corrected chi connectivity index (χ3v) is 8.54. The van der Waals surface area contributed by atoms with E-state index in [-0.39, 0.29) is 11.4 Å². The van der Waals surface area contributed by atoms with Crippen LogP contribution in [0.1, 0.15) is 19.8 Å². The smallest absolute Gasteiger partial charge is 0.266 e. The van der Waals surface area contributed by atoms with Crippen LogP contribution in [0.15, 0.2) is 52.4 Å². The number of nitrogens with zero attached hydrogens (tertiary/aromatic N) is 3. The normalized spacial score (nSPS) is 18.0. The van der Waals surface area contributed by atoms with Crippen LogP contribution in [-0.2, 0) is 21.4 Å². The molecule has 1 unspecified atom stereocenters. The zero-order valence-corrected chi connectivity index (χ0v) is 19.5. The number of carbonyl (C=O) groups excluding carboxylic acids is 1. The number of fused-ring (bicyclic) bond motifs is 1. The van der Waals surface area contributed by atoms with Gasteiger partial charge in [0.1, 0.15) is 11.8 Å². The van der Waals surface area contributed by atoms with E-state index in [4.69, 9.17) is 16.3 Å². The molecule has 7 nitrogen and oxygen atoms in total. The average Bonchev–Trinajstić information content (AvgIpc) is 3.38. The van der Waals surface area contributed by atoms with Gasteiger partial charge in [0, 0.05) is 18.1 Å². The van der Waals surface area contributed by atoms with Crippen molar-refractivity contribution in [3.63, 3.8) is 0 Å². The average molecular weight is 480 g/mol. The molecule has 10 heteroatoms. The highest BCUT2D eigenvalue weighted by Crippen LogP contribution is 2.28. The fourth-order valence-corrected chi connectivity index (χ4v) is 6.66. The van der Waals surface area contributed by atoms with Crippen LogP contribution >= 0.6 is 22.9 Å². The monoisotopic (exact) mass is 479 g/mol. The minimum Gasteiger partial charge on any atom is -0.497 e. The molecule has 0 spiro atoms. The largest absolute Gasteiger partial charge is 0.497 e. The zero-order chi connectivity index (χ0) is 22.2. The van der Waals surface area contributed by atoms with Crippen LogP contribution in [-0.4, -0.2) is 42.9 Å². The van der Waals surface area contributed by atoms with Crippen molar-refractivity contribution in [3.05, 3.63) is 52.3 Å². The van der Waals surface area contributed by atoms with Crippen molar-refractivity contribution in [1.82, 2.24) is 8.87 Å². The lowest BCUT2D eigenvalue weighted by Gasteiger charge is -2.21. The number of hydrogen-bond donors (Lipinski definition) is 0. The Balaban J connectivity index is 1.70. The van der Waals surface area contributed by atoms with Crippen LogP contribution in [0.2, 0.25) is 5.02 Å². The van der Waals surface area contributed by atoms with Gasteiger partial charge in [-0.3, -0.25) is 4.79 Å². The molecule has 2 heterocycles. The Hall–Kier alpha value is -2.20. The highest BCUT2D eigenvalue weighted by atomic mass is 35.5. The molecule has 1 atom stereocenters. The molecule has 0 radical (unpaired) electrons. The molecule has 1 saturated heterocycles. The SMILES string of the molecule is CCn1c(=NC(=O)C2CCCN2S(=O)(=O)c2ccc(Cl)cc2)sc2cc(OC)ccc21. The summed E-state index contributed by atoms with van der Waals surface area (Å²) >= 11 is 7.27. The first kappa shape index (κ1) is 22.0. The minimum atomic E-state index is -3.82. The number of sulfonamides is 1. The Morgan fingerprint density at radius 1 is 1.26 bits per heavy atom. The van der Waals surface area contributed by atoms with Gasteiger partial charge in [-0.2, -0.15) is 9.30 Å². The predicted molar refractivity (Wildman–Crippen MR) is 121 cm³/mol. The van der Waals surface area contributed by atoms with Crippen molar-refractivity contribution in [3.8, 4) is 5.75 Å². The number of carbonyl (C=O) groups is 1. The maximum Gasteiger partial charge on any atom is 0.266 e. The minimum absolute atomic E-state index is 0.120. The van der Waals surface area contributed by atoms with Crippen LogP contribution in [0.4, 0.5) is 0 Å². The summed E-state index contributed by atoms with van der Waals surface area (Å²) in [5, 5.41) is 0.452. The van der Waals surface area contributed by atoms with E-state index < -0.39 is 22.0 Å². The van der Waals surface area contributed by atoms with E-state index in [1.165, 1.54) is 39.9 Å². The maximum absolute atomic E-state index is 13.1. The van der Waals surface area contributed by atoms with Gasteiger partial charge >= 0.3 is 0 Å². The molecule has 2 aromatic carbocycles. The number of rotatable bonds is 5. The number of ether oxygens (including phenoxy) is 1. The Bertz CT molecular complexity index is 1300. The summed E-state index contributed by atoms with van der Waals surface area (Å²) in [6.07, 6.45) is 1.05. The second-order valence-corrected chi connectivity index (χ2v) is 10.5. The highest BCUT2D eigenvalue weighted by Gasteiger charge is 2.39. The fraction of sp³-hybridized carbons (Fsp3) is 0.333. The van der Waals surface area contributed by atoms with Gasteiger partial charge in [-0.1, -0.05) is 22.9 Å². The molecule has 0 bridgehead atoms. The number of halogens is 1. The van der Waals surface area contributed by atoms with Gasteiger partial charge in [0.05, 0.1) is 22.2 Å². The molecule has 1 fully saturated rings. The van der Waals surface area contributed by atoms with E-state index in [1.54, 1.807) is 7.11 Å². The van der Waals surface area contributed by atoms with Crippen LogP contribution < -0.4 is 9.54 Å². The Labute approximate surface area is 189 Å². The molecular weight excluding hydrogens is 458 g/mol. The van der Waals surface area contributed by atoms with Crippen LogP contribution in [0.25, 0.3) is 10.2 Å². The molecule has 1 aliphatic heterocycles. The molecule has 3 aromatic rings. The number of hydrogen-bond acceptors (Lipinski definition) is 5. The molecule has 0 N–H and O–H groups in total. The summed E-state index contributed by atoms with van der Waals surface area (Å²) in [4.78, 5) is 18.1.